The van der Waals surface area contributed by atoms with Crippen molar-refractivity contribution in [1.82, 2.24) is 9.80 Å². The Morgan fingerprint density at radius 1 is 1.05 bits per heavy atom. The summed E-state index contributed by atoms with van der Waals surface area (Å²) in [7, 11) is 0. The van der Waals surface area contributed by atoms with Crippen LogP contribution in [0.1, 0.15) is 62.4 Å². The van der Waals surface area contributed by atoms with Crippen LogP contribution in [0.4, 0.5) is 0 Å². The molecule has 2 aliphatic rings. The van der Waals surface area contributed by atoms with Crippen LogP contribution in [-0.2, 0) is 19.7 Å². The molecule has 2 saturated heterocycles. The molecule has 0 radical (unpaired) electrons. The molecule has 0 spiro atoms. The Morgan fingerprint density at radius 2 is 1.74 bits per heavy atom. The van der Waals surface area contributed by atoms with Gasteiger partial charge in [0.05, 0.1) is 31.4 Å². The van der Waals surface area contributed by atoms with Crippen molar-refractivity contribution in [1.29, 1.82) is 0 Å². The average Bonchev–Trinajstić information content (AvgIpc) is 3.14. The lowest BCUT2D eigenvalue weighted by Crippen LogP contribution is -2.39. The highest BCUT2D eigenvalue weighted by Gasteiger charge is 2.46. The zero-order chi connectivity index (χ0) is 27.4. The summed E-state index contributed by atoms with van der Waals surface area (Å²) in [4.78, 5) is 30.7. The van der Waals surface area contributed by atoms with E-state index in [1.165, 1.54) is 0 Å². The number of ketones is 1. The number of aliphatic hydroxyl groups is 1. The molecular formula is C31H40N2O5. The summed E-state index contributed by atoms with van der Waals surface area (Å²) in [6, 6.07) is 12.8. The van der Waals surface area contributed by atoms with E-state index >= 15 is 0 Å². The van der Waals surface area contributed by atoms with E-state index < -0.39 is 17.7 Å². The molecule has 1 unspecified atom stereocenters. The monoisotopic (exact) mass is 520 g/mol. The summed E-state index contributed by atoms with van der Waals surface area (Å²) in [5.74, 6) is -0.669. The van der Waals surface area contributed by atoms with Crippen LogP contribution in [0.3, 0.4) is 0 Å². The quantitative estimate of drug-likeness (QED) is 0.305. The molecule has 2 fully saturated rings. The Labute approximate surface area is 226 Å². The van der Waals surface area contributed by atoms with Crippen molar-refractivity contribution in [3.8, 4) is 5.75 Å². The Balaban J connectivity index is 1.71. The van der Waals surface area contributed by atoms with Crippen molar-refractivity contribution < 1.29 is 24.2 Å². The molecule has 0 saturated carbocycles. The van der Waals surface area contributed by atoms with Gasteiger partial charge >= 0.3 is 0 Å². The van der Waals surface area contributed by atoms with Crippen LogP contribution >= 0.6 is 0 Å². The number of carbonyl (C=O) groups is 2. The first-order valence-corrected chi connectivity index (χ1v) is 13.5. The third-order valence-electron chi connectivity index (χ3n) is 7.37. The molecule has 1 amide bonds. The lowest BCUT2D eigenvalue weighted by atomic mass is 9.85. The third-order valence-corrected chi connectivity index (χ3v) is 7.37. The SMILES string of the molecule is CCOc1ccc(C(O)=C2C(=O)C(=O)N(CCCN3CCOCC3)C2c2ccc(C(C)(C)C)cc2)c(C)c1. The Bertz CT molecular complexity index is 1190. The molecular weight excluding hydrogens is 480 g/mol. The first-order chi connectivity index (χ1) is 18.1. The summed E-state index contributed by atoms with van der Waals surface area (Å²) >= 11 is 0. The van der Waals surface area contributed by atoms with Gasteiger partial charge in [-0.1, -0.05) is 45.0 Å². The van der Waals surface area contributed by atoms with E-state index in [9.17, 15) is 14.7 Å². The summed E-state index contributed by atoms with van der Waals surface area (Å²) in [5, 5.41) is 11.5. The van der Waals surface area contributed by atoms with Gasteiger partial charge in [0.2, 0.25) is 0 Å². The fraction of sp³-hybridized carbons (Fsp3) is 0.484. The van der Waals surface area contributed by atoms with E-state index in [4.69, 9.17) is 9.47 Å². The first-order valence-electron chi connectivity index (χ1n) is 13.5. The zero-order valence-electron chi connectivity index (χ0n) is 23.3. The number of hydrogen-bond acceptors (Lipinski definition) is 6. The predicted octanol–water partition coefficient (Wildman–Crippen LogP) is 4.84. The number of morpholine rings is 1. The second kappa shape index (κ2) is 11.7. The molecule has 0 bridgehead atoms. The van der Waals surface area contributed by atoms with Gasteiger partial charge in [-0.2, -0.15) is 0 Å². The van der Waals surface area contributed by atoms with E-state index in [0.717, 1.165) is 42.7 Å². The number of aryl methyl sites for hydroxylation is 1. The number of Topliss-reactive ketones (excluding diaryl/α,β-unsaturated/α-hetero) is 1. The molecule has 204 valence electrons. The van der Waals surface area contributed by atoms with Crippen molar-refractivity contribution in [2.24, 2.45) is 0 Å². The van der Waals surface area contributed by atoms with Gasteiger partial charge in [-0.15, -0.1) is 0 Å². The van der Waals surface area contributed by atoms with E-state index in [-0.39, 0.29) is 16.7 Å². The Kier molecular flexibility index (Phi) is 8.58. The number of carbonyl (C=O) groups excluding carboxylic acids is 2. The highest BCUT2D eigenvalue weighted by Crippen LogP contribution is 2.40. The topological polar surface area (TPSA) is 79.3 Å². The minimum Gasteiger partial charge on any atom is -0.507 e. The van der Waals surface area contributed by atoms with E-state index in [1.54, 1.807) is 17.0 Å². The van der Waals surface area contributed by atoms with Gasteiger partial charge < -0.3 is 19.5 Å². The van der Waals surface area contributed by atoms with Gasteiger partial charge in [0.15, 0.2) is 0 Å². The molecule has 1 atom stereocenters. The number of aliphatic hydroxyl groups excluding tert-OH is 1. The number of ether oxygens (including phenoxy) is 2. The summed E-state index contributed by atoms with van der Waals surface area (Å²) in [6.45, 7) is 15.2. The molecule has 1 N–H and O–H groups in total. The van der Waals surface area contributed by atoms with Crippen LogP contribution in [0.15, 0.2) is 48.0 Å². The van der Waals surface area contributed by atoms with Crippen LogP contribution in [0.5, 0.6) is 5.75 Å². The minimum absolute atomic E-state index is 0.0298. The molecule has 2 aromatic rings. The Morgan fingerprint density at radius 3 is 2.34 bits per heavy atom. The fourth-order valence-corrected chi connectivity index (χ4v) is 5.22. The molecule has 4 rings (SSSR count). The zero-order valence-corrected chi connectivity index (χ0v) is 23.3. The van der Waals surface area contributed by atoms with Gasteiger partial charge in [-0.25, -0.2) is 0 Å². The first kappa shape index (κ1) is 27.9. The number of amides is 1. The maximum absolute atomic E-state index is 13.4. The van der Waals surface area contributed by atoms with Gasteiger partial charge in [0.25, 0.3) is 11.7 Å². The highest BCUT2D eigenvalue weighted by atomic mass is 16.5. The number of benzene rings is 2. The largest absolute Gasteiger partial charge is 0.507 e. The molecule has 2 aromatic carbocycles. The maximum Gasteiger partial charge on any atom is 0.295 e. The molecule has 2 aliphatic heterocycles. The Hall–Kier alpha value is -3.16. The van der Waals surface area contributed by atoms with Crippen LogP contribution in [0, 0.1) is 6.92 Å². The van der Waals surface area contributed by atoms with Crippen LogP contribution in [-0.4, -0.2) is 72.6 Å². The predicted molar refractivity (Wildman–Crippen MR) is 148 cm³/mol. The normalized spacial score (nSPS) is 20.2. The number of rotatable bonds is 8. The van der Waals surface area contributed by atoms with Crippen molar-refractivity contribution in [3.05, 3.63) is 70.3 Å². The maximum atomic E-state index is 13.4. The lowest BCUT2D eigenvalue weighted by molar-refractivity contribution is -0.140. The van der Waals surface area contributed by atoms with Crippen molar-refractivity contribution in [3.63, 3.8) is 0 Å². The molecule has 38 heavy (non-hydrogen) atoms. The van der Waals surface area contributed by atoms with Crippen LogP contribution in [0.2, 0.25) is 0 Å². The van der Waals surface area contributed by atoms with Gasteiger partial charge in [0.1, 0.15) is 11.5 Å². The van der Waals surface area contributed by atoms with E-state index in [0.29, 0.717) is 37.7 Å². The second-order valence-corrected chi connectivity index (χ2v) is 11.1. The summed E-state index contributed by atoms with van der Waals surface area (Å²) in [5.41, 5.74) is 3.38. The van der Waals surface area contributed by atoms with E-state index in [1.807, 2.05) is 44.2 Å². The molecule has 0 aliphatic carbocycles. The van der Waals surface area contributed by atoms with Gasteiger partial charge in [0, 0.05) is 31.7 Å². The summed E-state index contributed by atoms with van der Waals surface area (Å²) in [6.07, 6.45) is 0.728. The molecule has 7 nitrogen and oxygen atoms in total. The average molecular weight is 521 g/mol. The summed E-state index contributed by atoms with van der Waals surface area (Å²) < 4.78 is 11.0. The van der Waals surface area contributed by atoms with Crippen molar-refractivity contribution in [2.75, 3.05) is 46.0 Å². The number of hydrogen-bond donors (Lipinski definition) is 1. The smallest absolute Gasteiger partial charge is 0.295 e. The standard InChI is InChI=1S/C31H40N2O5/c1-6-38-24-12-13-25(21(2)20-24)28(34)26-27(22-8-10-23(11-9-22)31(3,4)5)33(30(36)29(26)35)15-7-14-32-16-18-37-19-17-32/h8-13,20,27,34H,6-7,14-19H2,1-5H3. The van der Waals surface area contributed by atoms with Gasteiger partial charge in [-0.05, 0) is 60.6 Å². The highest BCUT2D eigenvalue weighted by molar-refractivity contribution is 6.46. The van der Waals surface area contributed by atoms with E-state index in [2.05, 4.69) is 25.7 Å². The van der Waals surface area contributed by atoms with Crippen molar-refractivity contribution >= 4 is 17.4 Å². The van der Waals surface area contributed by atoms with Gasteiger partial charge in [-0.3, -0.25) is 14.5 Å². The molecule has 2 heterocycles. The van der Waals surface area contributed by atoms with Crippen LogP contribution in [0.25, 0.3) is 5.76 Å². The fourth-order valence-electron chi connectivity index (χ4n) is 5.22. The third kappa shape index (κ3) is 5.94. The number of nitrogens with zero attached hydrogens (tertiary/aromatic N) is 2. The van der Waals surface area contributed by atoms with Crippen molar-refractivity contribution in [2.45, 2.75) is 52.5 Å². The minimum atomic E-state index is -0.653. The van der Waals surface area contributed by atoms with Crippen LogP contribution < -0.4 is 4.74 Å². The molecule has 0 aromatic heterocycles. The number of likely N-dealkylation sites (tertiary alicyclic amines) is 1. The molecule has 7 heteroatoms. The second-order valence-electron chi connectivity index (χ2n) is 11.1. The lowest BCUT2D eigenvalue weighted by Gasteiger charge is -2.29.